The van der Waals surface area contributed by atoms with E-state index < -0.39 is 37.1 Å². The summed E-state index contributed by atoms with van der Waals surface area (Å²) in [5.41, 5.74) is 0. The molecule has 0 aromatic carbocycles. The first-order valence-electron chi connectivity index (χ1n) is 26.7. The van der Waals surface area contributed by atoms with Gasteiger partial charge in [-0.05, 0) is 44.9 Å². The van der Waals surface area contributed by atoms with Crippen LogP contribution in [-0.2, 0) is 28.6 Å². The zero-order chi connectivity index (χ0) is 45.3. The van der Waals surface area contributed by atoms with E-state index in [4.69, 9.17) is 21.1 Å². The maximum absolute atomic E-state index is 13.1. The van der Waals surface area contributed by atoms with Gasteiger partial charge in [-0.15, -0.1) is 0 Å². The Morgan fingerprint density at radius 3 is 0.946 bits per heavy atom. The second kappa shape index (κ2) is 45.8. The molecular formula is C50H94O6. The van der Waals surface area contributed by atoms with Crippen molar-refractivity contribution in [3.8, 4) is 0 Å². The molecule has 0 amide bonds. The van der Waals surface area contributed by atoms with Gasteiger partial charge in [-0.3, -0.25) is 14.4 Å². The molecule has 0 heterocycles. The van der Waals surface area contributed by atoms with Crippen LogP contribution in [0.5, 0.6) is 0 Å². The second-order valence-electron chi connectivity index (χ2n) is 16.2. The molecule has 0 radical (unpaired) electrons. The lowest BCUT2D eigenvalue weighted by Gasteiger charge is -2.18. The normalized spacial score (nSPS) is 13.5. The van der Waals surface area contributed by atoms with Gasteiger partial charge in [0.15, 0.2) is 6.08 Å². The standard InChI is InChI=1S/C50H94O6/c1-4-7-10-13-16-19-22-25-26-29-32-35-38-41-44-50(53)56-47(45-54-48(51)42-39-36-33-30-27-23-20-17-14-11-8-5-2)46-55-49(52)43-40-37-34-31-28-24-21-18-15-12-9-6-3/h22,25,47H,4-21,23-24,26-46H2,1-3H3/b25-22-/i45D2,46D2,47D. The Morgan fingerprint density at radius 2 is 0.643 bits per heavy atom. The van der Waals surface area contributed by atoms with E-state index in [1.165, 1.54) is 122 Å². The van der Waals surface area contributed by atoms with Crippen LogP contribution >= 0.6 is 0 Å². The quantitative estimate of drug-likeness (QED) is 0.0264. The van der Waals surface area contributed by atoms with Crippen LogP contribution in [0.1, 0.15) is 278 Å². The van der Waals surface area contributed by atoms with E-state index >= 15 is 0 Å². The van der Waals surface area contributed by atoms with Gasteiger partial charge in [-0.1, -0.05) is 219 Å². The molecule has 0 fully saturated rings. The van der Waals surface area contributed by atoms with Crippen LogP contribution in [-0.4, -0.2) is 37.1 Å². The number of rotatable bonds is 45. The minimum atomic E-state index is -3.49. The lowest BCUT2D eigenvalue weighted by molar-refractivity contribution is -0.167. The summed E-state index contributed by atoms with van der Waals surface area (Å²) in [7, 11) is 0. The smallest absolute Gasteiger partial charge is 0.306 e. The minimum Gasteiger partial charge on any atom is -0.462 e. The zero-order valence-corrected chi connectivity index (χ0v) is 37.2. The van der Waals surface area contributed by atoms with Crippen molar-refractivity contribution in [1.29, 1.82) is 0 Å². The zero-order valence-electron chi connectivity index (χ0n) is 42.2. The summed E-state index contributed by atoms with van der Waals surface area (Å²) >= 11 is 0. The van der Waals surface area contributed by atoms with E-state index in [1.54, 1.807) is 0 Å². The molecule has 56 heavy (non-hydrogen) atoms. The molecule has 0 N–H and O–H groups in total. The third kappa shape index (κ3) is 43.3. The van der Waals surface area contributed by atoms with Crippen LogP contribution in [0.25, 0.3) is 0 Å². The number of hydrogen-bond acceptors (Lipinski definition) is 6. The molecule has 0 spiro atoms. The van der Waals surface area contributed by atoms with Crippen molar-refractivity contribution < 1.29 is 35.4 Å². The highest BCUT2D eigenvalue weighted by Crippen LogP contribution is 2.15. The second-order valence-corrected chi connectivity index (χ2v) is 16.2. The highest BCUT2D eigenvalue weighted by atomic mass is 16.6. The number of carbonyl (C=O) groups is 3. The summed E-state index contributed by atoms with van der Waals surface area (Å²) in [6.07, 6.45) is 39.5. The molecule has 6 heteroatoms. The number of esters is 3. The number of unbranched alkanes of at least 4 members (excludes halogenated alkanes) is 32. The van der Waals surface area contributed by atoms with Gasteiger partial charge in [0.25, 0.3) is 0 Å². The third-order valence-corrected chi connectivity index (χ3v) is 10.6. The molecule has 6 nitrogen and oxygen atoms in total. The molecule has 0 aliphatic carbocycles. The van der Waals surface area contributed by atoms with Crippen LogP contribution in [0.15, 0.2) is 12.2 Å². The molecule has 0 atom stereocenters. The van der Waals surface area contributed by atoms with Crippen molar-refractivity contribution in [1.82, 2.24) is 0 Å². The fourth-order valence-electron chi connectivity index (χ4n) is 6.92. The Bertz CT molecular complexity index is 1030. The van der Waals surface area contributed by atoms with E-state index in [2.05, 4.69) is 32.9 Å². The highest BCUT2D eigenvalue weighted by Gasteiger charge is 2.19. The lowest BCUT2D eigenvalue weighted by atomic mass is 10.0. The fourth-order valence-corrected chi connectivity index (χ4v) is 6.92. The molecule has 0 saturated carbocycles. The van der Waals surface area contributed by atoms with E-state index in [9.17, 15) is 14.4 Å². The molecule has 0 rings (SSSR count). The Hall–Kier alpha value is -1.85. The molecule has 0 bridgehead atoms. The van der Waals surface area contributed by atoms with Crippen molar-refractivity contribution in [2.24, 2.45) is 0 Å². The first-order valence-corrected chi connectivity index (χ1v) is 24.2. The van der Waals surface area contributed by atoms with Crippen LogP contribution < -0.4 is 0 Å². The molecule has 0 saturated heterocycles. The Kier molecular flexibility index (Phi) is 37.0. The summed E-state index contributed by atoms with van der Waals surface area (Å²) in [5, 5.41) is 0. The average molecular weight is 796 g/mol. The predicted molar refractivity (Wildman–Crippen MR) is 238 cm³/mol. The van der Waals surface area contributed by atoms with Crippen LogP contribution in [0.4, 0.5) is 0 Å². The van der Waals surface area contributed by atoms with E-state index in [-0.39, 0.29) is 19.3 Å². The van der Waals surface area contributed by atoms with Crippen molar-refractivity contribution >= 4 is 17.9 Å². The van der Waals surface area contributed by atoms with Gasteiger partial charge >= 0.3 is 17.9 Å². The number of ether oxygens (including phenoxy) is 3. The van der Waals surface area contributed by atoms with Gasteiger partial charge in [-0.25, -0.2) is 0 Å². The number of hydrogen-bond donors (Lipinski definition) is 0. The maximum atomic E-state index is 13.1. The predicted octanol–water partition coefficient (Wildman–Crippen LogP) is 15.8. The summed E-state index contributed by atoms with van der Waals surface area (Å²) in [6.45, 7) is -0.229. The molecule has 0 aliphatic rings. The topological polar surface area (TPSA) is 78.9 Å². The van der Waals surface area contributed by atoms with Gasteiger partial charge in [-0.2, -0.15) is 0 Å². The molecule has 0 aliphatic heterocycles. The summed E-state index contributed by atoms with van der Waals surface area (Å²) < 4.78 is 58.6. The largest absolute Gasteiger partial charge is 0.462 e. The molecule has 0 unspecified atom stereocenters. The lowest BCUT2D eigenvalue weighted by Crippen LogP contribution is -2.30. The maximum Gasteiger partial charge on any atom is 0.306 e. The third-order valence-electron chi connectivity index (χ3n) is 10.6. The summed E-state index contributed by atoms with van der Waals surface area (Å²) in [5.74, 6) is -2.95. The first-order chi connectivity index (χ1) is 29.4. The Morgan fingerprint density at radius 1 is 0.393 bits per heavy atom. The van der Waals surface area contributed by atoms with Gasteiger partial charge < -0.3 is 14.2 Å². The van der Waals surface area contributed by atoms with E-state index in [0.29, 0.717) is 25.7 Å². The summed E-state index contributed by atoms with van der Waals surface area (Å²) in [6, 6.07) is 0. The monoisotopic (exact) mass is 796 g/mol. The number of carbonyl (C=O) groups excluding carboxylic acids is 3. The van der Waals surface area contributed by atoms with Crippen molar-refractivity contribution in [3.05, 3.63) is 12.2 Å². The molecule has 0 aromatic rings. The van der Waals surface area contributed by atoms with E-state index in [1.807, 2.05) is 0 Å². The Balaban J connectivity index is 5.05. The molecular weight excluding hydrogens is 697 g/mol. The van der Waals surface area contributed by atoms with Gasteiger partial charge in [0, 0.05) is 19.3 Å². The van der Waals surface area contributed by atoms with Crippen LogP contribution in [0.2, 0.25) is 0 Å². The van der Waals surface area contributed by atoms with Gasteiger partial charge in [0.1, 0.15) is 13.1 Å². The first kappa shape index (κ1) is 45.2. The van der Waals surface area contributed by atoms with Gasteiger partial charge in [0.2, 0.25) is 0 Å². The Labute approximate surface area is 355 Å². The highest BCUT2D eigenvalue weighted by molar-refractivity contribution is 5.71. The SMILES string of the molecule is [2H]C([2H])(OC(=O)CCCCCCCCCCCCCC)C([2H])(OC(=O)CCCCCCC/C=C\CCCCCCC)C([2H])([2H])OC(=O)CCCCCCCCCCCCCC. The van der Waals surface area contributed by atoms with E-state index in [0.717, 1.165) is 83.5 Å². The molecule has 0 aromatic heterocycles. The average Bonchev–Trinajstić information content (AvgIpc) is 3.21. The van der Waals surface area contributed by atoms with Crippen molar-refractivity contribution in [2.75, 3.05) is 13.1 Å². The number of allylic oxidation sites excluding steroid dienone is 2. The summed E-state index contributed by atoms with van der Waals surface area (Å²) in [4.78, 5) is 38.8. The molecule has 330 valence electrons. The van der Waals surface area contributed by atoms with Gasteiger partial charge in [0.05, 0.1) is 6.85 Å². The van der Waals surface area contributed by atoms with Crippen LogP contribution in [0, 0.1) is 0 Å². The fraction of sp³-hybridized carbons (Fsp3) is 0.900. The van der Waals surface area contributed by atoms with Crippen molar-refractivity contribution in [2.45, 2.75) is 277 Å². The minimum absolute atomic E-state index is 0.127. The van der Waals surface area contributed by atoms with Crippen molar-refractivity contribution in [3.63, 3.8) is 0 Å². The van der Waals surface area contributed by atoms with Crippen LogP contribution in [0.3, 0.4) is 0 Å².